The highest BCUT2D eigenvalue weighted by atomic mass is 127. The van der Waals surface area contributed by atoms with Gasteiger partial charge < -0.3 is 14.7 Å². The van der Waals surface area contributed by atoms with Crippen molar-refractivity contribution >= 4 is 34.7 Å². The number of rotatable bonds is 4. The molecule has 0 saturated carbocycles. The largest absolute Gasteiger partial charge is 0.466 e. The molecule has 1 aliphatic heterocycles. The van der Waals surface area contributed by atoms with Crippen molar-refractivity contribution in [1.29, 1.82) is 0 Å². The predicted molar refractivity (Wildman–Crippen MR) is 91.1 cm³/mol. The van der Waals surface area contributed by atoms with Gasteiger partial charge in [-0.05, 0) is 71.5 Å². The van der Waals surface area contributed by atoms with E-state index in [1.165, 1.54) is 16.0 Å². The van der Waals surface area contributed by atoms with Crippen molar-refractivity contribution in [3.05, 3.63) is 32.4 Å². The Bertz CT molecular complexity index is 574. The van der Waals surface area contributed by atoms with E-state index in [4.69, 9.17) is 9.84 Å². The number of carboxylic acid groups (broad SMARTS) is 1. The predicted octanol–water partition coefficient (Wildman–Crippen LogP) is 2.87. The van der Waals surface area contributed by atoms with Gasteiger partial charge in [0.25, 0.3) is 0 Å². The van der Waals surface area contributed by atoms with E-state index in [1.807, 2.05) is 0 Å². The van der Waals surface area contributed by atoms with Crippen molar-refractivity contribution in [1.82, 2.24) is 4.90 Å². The van der Waals surface area contributed by atoms with Crippen LogP contribution in [0.25, 0.3) is 0 Å². The van der Waals surface area contributed by atoms with Gasteiger partial charge in [0.05, 0.1) is 6.61 Å². The molecule has 1 aliphatic rings. The number of hydrogen-bond donors (Lipinski definition) is 1. The molecular weight excluding hydrogens is 397 g/mol. The van der Waals surface area contributed by atoms with Gasteiger partial charge in [0.15, 0.2) is 0 Å². The average Bonchev–Trinajstić information content (AvgIpc) is 2.67. The number of benzene rings is 1. The fraction of sp³-hybridized carbons (Fsp3) is 0.500. The summed E-state index contributed by atoms with van der Waals surface area (Å²) in [5, 5.41) is 9.12. The molecule has 6 heteroatoms. The van der Waals surface area contributed by atoms with E-state index in [-0.39, 0.29) is 5.97 Å². The summed E-state index contributed by atoms with van der Waals surface area (Å²) in [7, 11) is 0. The summed E-state index contributed by atoms with van der Waals surface area (Å²) < 4.78 is 6.09. The van der Waals surface area contributed by atoms with Crippen molar-refractivity contribution in [2.24, 2.45) is 0 Å². The van der Waals surface area contributed by atoms with Crippen LogP contribution in [0.15, 0.2) is 12.1 Å². The number of carbonyl (C=O) groups excluding carboxylic acids is 1. The second-order valence-electron chi connectivity index (χ2n) is 5.29. The van der Waals surface area contributed by atoms with Crippen LogP contribution in [0.5, 0.6) is 0 Å². The molecule has 0 radical (unpaired) electrons. The minimum atomic E-state index is -0.856. The number of carbonyl (C=O) groups is 2. The lowest BCUT2D eigenvalue weighted by atomic mass is 9.98. The lowest BCUT2D eigenvalue weighted by Gasteiger charge is -2.15. The Morgan fingerprint density at radius 3 is 2.50 bits per heavy atom. The molecule has 0 fully saturated rings. The van der Waals surface area contributed by atoms with Crippen LogP contribution in [-0.4, -0.2) is 41.8 Å². The van der Waals surface area contributed by atoms with Crippen LogP contribution >= 0.6 is 22.6 Å². The van der Waals surface area contributed by atoms with Crippen molar-refractivity contribution in [2.45, 2.75) is 32.6 Å². The van der Waals surface area contributed by atoms with E-state index in [1.54, 1.807) is 6.92 Å². The zero-order chi connectivity index (χ0) is 16.1. The number of aryl methyl sites for hydroxylation is 1. The lowest BCUT2D eigenvalue weighted by molar-refractivity contribution is -0.143. The van der Waals surface area contributed by atoms with Gasteiger partial charge in [-0.15, -0.1) is 0 Å². The standard InChI is InChI=1S/C16H20INO4/c1-2-22-15(19)4-3-13-9-11-5-7-18(16(20)21)8-6-12(11)10-14(13)17/h9-10H,2-8H2,1H3,(H,20,21). The third-order valence-corrected chi connectivity index (χ3v) is 4.85. The van der Waals surface area contributed by atoms with Crippen LogP contribution in [-0.2, 0) is 28.8 Å². The fourth-order valence-electron chi connectivity index (χ4n) is 2.65. The fourth-order valence-corrected chi connectivity index (χ4v) is 3.45. The number of hydrogen-bond acceptors (Lipinski definition) is 3. The molecule has 120 valence electrons. The maximum Gasteiger partial charge on any atom is 0.407 e. The maximum atomic E-state index is 11.5. The van der Waals surface area contributed by atoms with Crippen LogP contribution in [0.3, 0.4) is 0 Å². The first-order chi connectivity index (χ1) is 10.5. The highest BCUT2D eigenvalue weighted by Crippen LogP contribution is 2.24. The molecule has 22 heavy (non-hydrogen) atoms. The van der Waals surface area contributed by atoms with Crippen molar-refractivity contribution in [3.8, 4) is 0 Å². The molecule has 1 amide bonds. The van der Waals surface area contributed by atoms with Crippen molar-refractivity contribution in [3.63, 3.8) is 0 Å². The summed E-state index contributed by atoms with van der Waals surface area (Å²) in [5.74, 6) is -0.176. The molecule has 0 aliphatic carbocycles. The van der Waals surface area contributed by atoms with E-state index in [9.17, 15) is 9.59 Å². The first-order valence-electron chi connectivity index (χ1n) is 7.45. The summed E-state index contributed by atoms with van der Waals surface area (Å²) in [4.78, 5) is 24.1. The Hall–Kier alpha value is -1.31. The molecule has 0 unspecified atom stereocenters. The summed E-state index contributed by atoms with van der Waals surface area (Å²) in [5.41, 5.74) is 3.55. The molecule has 2 rings (SSSR count). The lowest BCUT2D eigenvalue weighted by Crippen LogP contribution is -2.31. The Kier molecular flexibility index (Phi) is 6.05. The molecule has 1 aromatic carbocycles. The molecule has 0 spiro atoms. The van der Waals surface area contributed by atoms with Gasteiger partial charge in [0, 0.05) is 23.1 Å². The Labute approximate surface area is 143 Å². The summed E-state index contributed by atoms with van der Waals surface area (Å²) >= 11 is 2.28. The van der Waals surface area contributed by atoms with Crippen LogP contribution in [0.1, 0.15) is 30.0 Å². The molecule has 0 atom stereocenters. The normalized spacial score (nSPS) is 14.2. The molecule has 5 nitrogen and oxygen atoms in total. The van der Waals surface area contributed by atoms with Gasteiger partial charge >= 0.3 is 12.1 Å². The molecule has 1 aromatic rings. The van der Waals surface area contributed by atoms with Gasteiger partial charge in [0.2, 0.25) is 0 Å². The molecule has 0 aromatic heterocycles. The number of halogens is 1. The van der Waals surface area contributed by atoms with Crippen molar-refractivity contribution < 1.29 is 19.4 Å². The van der Waals surface area contributed by atoms with Crippen LogP contribution in [0, 0.1) is 3.57 Å². The molecule has 0 saturated heterocycles. The van der Waals surface area contributed by atoms with E-state index in [0.29, 0.717) is 32.5 Å². The van der Waals surface area contributed by atoms with Gasteiger partial charge in [0.1, 0.15) is 0 Å². The van der Waals surface area contributed by atoms with E-state index >= 15 is 0 Å². The SMILES string of the molecule is CCOC(=O)CCc1cc2c(cc1I)CCN(C(=O)O)CC2. The van der Waals surface area contributed by atoms with Gasteiger partial charge in [-0.25, -0.2) is 4.79 Å². The first kappa shape index (κ1) is 17.1. The van der Waals surface area contributed by atoms with E-state index < -0.39 is 6.09 Å². The topological polar surface area (TPSA) is 66.8 Å². The van der Waals surface area contributed by atoms with Crippen LogP contribution < -0.4 is 0 Å². The Morgan fingerprint density at radius 1 is 1.27 bits per heavy atom. The minimum Gasteiger partial charge on any atom is -0.466 e. The minimum absolute atomic E-state index is 0.176. The summed E-state index contributed by atoms with van der Waals surface area (Å²) in [6.45, 7) is 3.28. The van der Waals surface area contributed by atoms with Crippen molar-refractivity contribution in [2.75, 3.05) is 19.7 Å². The molecule has 1 N–H and O–H groups in total. The third-order valence-electron chi connectivity index (χ3n) is 3.85. The summed E-state index contributed by atoms with van der Waals surface area (Å²) in [6, 6.07) is 4.25. The maximum absolute atomic E-state index is 11.5. The van der Waals surface area contributed by atoms with Crippen LogP contribution in [0.2, 0.25) is 0 Å². The number of fused-ring (bicyclic) bond motifs is 1. The van der Waals surface area contributed by atoms with Gasteiger partial charge in [-0.3, -0.25) is 4.79 Å². The number of esters is 1. The van der Waals surface area contributed by atoms with Crippen LogP contribution in [0.4, 0.5) is 4.79 Å². The quantitative estimate of drug-likeness (QED) is 0.605. The third kappa shape index (κ3) is 4.34. The zero-order valence-electron chi connectivity index (χ0n) is 12.6. The van der Waals surface area contributed by atoms with Gasteiger partial charge in [-0.1, -0.05) is 6.07 Å². The molecule has 0 bridgehead atoms. The summed E-state index contributed by atoms with van der Waals surface area (Å²) in [6.07, 6.45) is 1.66. The second kappa shape index (κ2) is 7.80. The zero-order valence-corrected chi connectivity index (χ0v) is 14.8. The Balaban J connectivity index is 2.10. The second-order valence-corrected chi connectivity index (χ2v) is 6.45. The average molecular weight is 417 g/mol. The number of nitrogens with zero attached hydrogens (tertiary/aromatic N) is 1. The Morgan fingerprint density at radius 2 is 1.91 bits per heavy atom. The van der Waals surface area contributed by atoms with E-state index in [0.717, 1.165) is 22.0 Å². The monoisotopic (exact) mass is 417 g/mol. The number of ether oxygens (including phenoxy) is 1. The molecular formula is C16H20INO4. The smallest absolute Gasteiger partial charge is 0.407 e. The highest BCUT2D eigenvalue weighted by molar-refractivity contribution is 14.1. The van der Waals surface area contributed by atoms with Gasteiger partial charge in [-0.2, -0.15) is 0 Å². The number of amides is 1. The van der Waals surface area contributed by atoms with E-state index in [2.05, 4.69) is 34.7 Å². The highest BCUT2D eigenvalue weighted by Gasteiger charge is 2.19. The first-order valence-corrected chi connectivity index (χ1v) is 8.52. The molecule has 1 heterocycles.